The number of amides is 1. The lowest BCUT2D eigenvalue weighted by Gasteiger charge is -2.36. The Bertz CT molecular complexity index is 779. The third-order valence-corrected chi connectivity index (χ3v) is 4.45. The Morgan fingerprint density at radius 2 is 1.96 bits per heavy atom. The first kappa shape index (κ1) is 17.2. The van der Waals surface area contributed by atoms with E-state index in [2.05, 4.69) is 5.32 Å². The maximum Gasteiger partial charge on any atom is 0.371 e. The van der Waals surface area contributed by atoms with Crippen molar-refractivity contribution in [1.29, 1.82) is 0 Å². The number of rotatable bonds is 5. The lowest BCUT2D eigenvalue weighted by atomic mass is 9.73. The summed E-state index contributed by atoms with van der Waals surface area (Å²) in [6.45, 7) is 0.881. The molecule has 0 radical (unpaired) electrons. The fraction of sp³-hybridized carbons (Fsp3) is 0.333. The minimum absolute atomic E-state index is 0.0596. The smallest absolute Gasteiger partial charge is 0.371 e. The second-order valence-electron chi connectivity index (χ2n) is 5.96. The van der Waals surface area contributed by atoms with Gasteiger partial charge in [-0.25, -0.2) is 9.18 Å². The zero-order valence-corrected chi connectivity index (χ0v) is 13.5. The van der Waals surface area contributed by atoms with Gasteiger partial charge in [-0.05, 0) is 42.7 Å². The van der Waals surface area contributed by atoms with Gasteiger partial charge < -0.3 is 19.6 Å². The van der Waals surface area contributed by atoms with Gasteiger partial charge in [-0.2, -0.15) is 0 Å². The topological polar surface area (TPSA) is 88.8 Å². The molecule has 0 atom stereocenters. The molecule has 1 aliphatic heterocycles. The standard InChI is InChI=1S/C18H18FNO5/c19-13-3-1-2-12(10-13)18(6-8-24-9-7-18)17(23)20-11-14-4-5-15(25-14)16(21)22/h1-5,10H,6-9,11H2,(H,20,23)(H,21,22). The molecule has 0 saturated carbocycles. The summed E-state index contributed by atoms with van der Waals surface area (Å²) in [5.41, 5.74) is -0.262. The Morgan fingerprint density at radius 1 is 1.20 bits per heavy atom. The molecule has 1 aromatic heterocycles. The summed E-state index contributed by atoms with van der Waals surface area (Å²) in [6.07, 6.45) is 0.891. The summed E-state index contributed by atoms with van der Waals surface area (Å²) < 4.78 is 24.2. The number of carbonyl (C=O) groups is 2. The summed E-state index contributed by atoms with van der Waals surface area (Å²) >= 11 is 0. The van der Waals surface area contributed by atoms with Crippen LogP contribution in [0.3, 0.4) is 0 Å². The Morgan fingerprint density at radius 3 is 2.60 bits per heavy atom. The number of halogens is 1. The number of carboxylic acids is 1. The molecule has 0 unspecified atom stereocenters. The number of carboxylic acid groups (broad SMARTS) is 1. The minimum Gasteiger partial charge on any atom is -0.475 e. The van der Waals surface area contributed by atoms with E-state index in [0.29, 0.717) is 37.4 Å². The maximum absolute atomic E-state index is 13.7. The van der Waals surface area contributed by atoms with E-state index >= 15 is 0 Å². The van der Waals surface area contributed by atoms with Gasteiger partial charge in [0, 0.05) is 13.2 Å². The van der Waals surface area contributed by atoms with Crippen LogP contribution in [0, 0.1) is 5.82 Å². The van der Waals surface area contributed by atoms with Gasteiger partial charge >= 0.3 is 5.97 Å². The molecule has 0 spiro atoms. The van der Waals surface area contributed by atoms with Gasteiger partial charge in [0.15, 0.2) is 0 Å². The normalized spacial score (nSPS) is 16.4. The van der Waals surface area contributed by atoms with Crippen molar-refractivity contribution in [3.05, 3.63) is 59.3 Å². The molecule has 2 N–H and O–H groups in total. The van der Waals surface area contributed by atoms with Gasteiger partial charge in [0.2, 0.25) is 11.7 Å². The summed E-state index contributed by atoms with van der Waals surface area (Å²) in [6, 6.07) is 8.87. The first-order chi connectivity index (χ1) is 12.0. The largest absolute Gasteiger partial charge is 0.475 e. The molecule has 132 valence electrons. The fourth-order valence-corrected chi connectivity index (χ4v) is 3.08. The maximum atomic E-state index is 13.7. The van der Waals surface area contributed by atoms with Gasteiger partial charge in [-0.1, -0.05) is 12.1 Å². The highest BCUT2D eigenvalue weighted by Gasteiger charge is 2.41. The molecule has 25 heavy (non-hydrogen) atoms. The van der Waals surface area contributed by atoms with Gasteiger partial charge in [-0.15, -0.1) is 0 Å². The SMILES string of the molecule is O=C(O)c1ccc(CNC(=O)C2(c3cccc(F)c3)CCOCC2)o1. The summed E-state index contributed by atoms with van der Waals surface area (Å²) in [4.78, 5) is 23.7. The minimum atomic E-state index is -1.17. The van der Waals surface area contributed by atoms with Crippen LogP contribution < -0.4 is 5.32 Å². The van der Waals surface area contributed by atoms with Crippen molar-refractivity contribution in [3.63, 3.8) is 0 Å². The highest BCUT2D eigenvalue weighted by Crippen LogP contribution is 2.35. The van der Waals surface area contributed by atoms with Crippen molar-refractivity contribution in [2.45, 2.75) is 24.8 Å². The number of hydrogen-bond donors (Lipinski definition) is 2. The van der Waals surface area contributed by atoms with Crippen LogP contribution in [-0.4, -0.2) is 30.2 Å². The number of nitrogens with one attached hydrogen (secondary N) is 1. The van der Waals surface area contributed by atoms with E-state index in [4.69, 9.17) is 14.3 Å². The number of benzene rings is 1. The Labute approximate surface area is 143 Å². The predicted molar refractivity (Wildman–Crippen MR) is 85.6 cm³/mol. The van der Waals surface area contributed by atoms with Crippen LogP contribution >= 0.6 is 0 Å². The molecule has 0 aliphatic carbocycles. The van der Waals surface area contributed by atoms with E-state index in [1.54, 1.807) is 12.1 Å². The molecule has 2 heterocycles. The van der Waals surface area contributed by atoms with Gasteiger partial charge in [0.05, 0.1) is 12.0 Å². The molecular weight excluding hydrogens is 329 g/mol. The van der Waals surface area contributed by atoms with Crippen molar-refractivity contribution in [3.8, 4) is 0 Å². The molecule has 7 heteroatoms. The van der Waals surface area contributed by atoms with Crippen molar-refractivity contribution >= 4 is 11.9 Å². The van der Waals surface area contributed by atoms with Gasteiger partial charge in [0.25, 0.3) is 0 Å². The van der Waals surface area contributed by atoms with E-state index in [1.807, 2.05) is 0 Å². The van der Waals surface area contributed by atoms with Crippen LogP contribution in [0.1, 0.15) is 34.7 Å². The highest BCUT2D eigenvalue weighted by atomic mass is 19.1. The molecule has 6 nitrogen and oxygen atoms in total. The molecule has 3 rings (SSSR count). The second kappa shape index (κ2) is 7.06. The lowest BCUT2D eigenvalue weighted by Crippen LogP contribution is -2.47. The highest BCUT2D eigenvalue weighted by molar-refractivity contribution is 5.88. The molecule has 2 aromatic rings. The van der Waals surface area contributed by atoms with Gasteiger partial charge in [-0.3, -0.25) is 4.79 Å². The molecule has 1 fully saturated rings. The number of hydrogen-bond acceptors (Lipinski definition) is 4. The zero-order valence-electron chi connectivity index (χ0n) is 13.5. The summed E-state index contributed by atoms with van der Waals surface area (Å²) in [5, 5.41) is 11.6. The lowest BCUT2D eigenvalue weighted by molar-refractivity contribution is -0.130. The Kier molecular flexibility index (Phi) is 4.85. The van der Waals surface area contributed by atoms with Crippen molar-refractivity contribution < 1.29 is 28.2 Å². The Hall–Kier alpha value is -2.67. The van der Waals surface area contributed by atoms with Crippen molar-refractivity contribution in [1.82, 2.24) is 5.32 Å². The summed E-state index contributed by atoms with van der Waals surface area (Å²) in [5.74, 6) is -1.66. The van der Waals surface area contributed by atoms with E-state index in [1.165, 1.54) is 24.3 Å². The third kappa shape index (κ3) is 3.56. The molecular formula is C18H18FNO5. The first-order valence-electron chi connectivity index (χ1n) is 7.95. The monoisotopic (exact) mass is 347 g/mol. The average molecular weight is 347 g/mol. The number of furan rings is 1. The molecule has 0 bridgehead atoms. The van der Waals surface area contributed by atoms with Crippen LogP contribution in [0.4, 0.5) is 4.39 Å². The number of aromatic carboxylic acids is 1. The molecule has 1 aliphatic rings. The molecule has 1 aromatic carbocycles. The quantitative estimate of drug-likeness (QED) is 0.867. The predicted octanol–water partition coefficient (Wildman–Crippen LogP) is 2.48. The van der Waals surface area contributed by atoms with E-state index in [9.17, 15) is 14.0 Å². The van der Waals surface area contributed by atoms with Crippen molar-refractivity contribution in [2.75, 3.05) is 13.2 Å². The fourth-order valence-electron chi connectivity index (χ4n) is 3.08. The number of ether oxygens (including phenoxy) is 1. The van der Waals surface area contributed by atoms with E-state index in [0.717, 1.165) is 0 Å². The van der Waals surface area contributed by atoms with E-state index in [-0.39, 0.29) is 18.2 Å². The average Bonchev–Trinajstić information content (AvgIpc) is 3.09. The Balaban J connectivity index is 1.78. The second-order valence-corrected chi connectivity index (χ2v) is 5.96. The zero-order chi connectivity index (χ0) is 17.9. The third-order valence-electron chi connectivity index (χ3n) is 4.45. The van der Waals surface area contributed by atoms with Crippen LogP contribution in [0.5, 0.6) is 0 Å². The van der Waals surface area contributed by atoms with Gasteiger partial charge in [0.1, 0.15) is 11.6 Å². The van der Waals surface area contributed by atoms with E-state index < -0.39 is 17.2 Å². The van der Waals surface area contributed by atoms with Crippen molar-refractivity contribution in [2.24, 2.45) is 0 Å². The van der Waals surface area contributed by atoms with Crippen LogP contribution in [-0.2, 0) is 21.5 Å². The van der Waals surface area contributed by atoms with Crippen LogP contribution in [0.25, 0.3) is 0 Å². The van der Waals surface area contributed by atoms with Crippen LogP contribution in [0.2, 0.25) is 0 Å². The first-order valence-corrected chi connectivity index (χ1v) is 7.95. The molecule has 1 amide bonds. The van der Waals surface area contributed by atoms with Crippen LogP contribution in [0.15, 0.2) is 40.8 Å². The molecule has 1 saturated heterocycles. The summed E-state index contributed by atoms with van der Waals surface area (Å²) in [7, 11) is 0. The number of carbonyl (C=O) groups excluding carboxylic acids is 1.